The quantitative estimate of drug-likeness (QED) is 0.605. The lowest BCUT2D eigenvalue weighted by Crippen LogP contribution is -2.25. The molecule has 0 radical (unpaired) electrons. The maximum absolute atomic E-state index is 5.98. The molecule has 98 valence electrons. The first-order valence-corrected chi connectivity index (χ1v) is 7.19. The second-order valence-electron chi connectivity index (χ2n) is 5.26. The number of halogens is 1. The SMILES string of the molecule is Clc1ccc(N2Cc3cccc4cccc(c34)C2)cc1. The molecule has 0 fully saturated rings. The fourth-order valence-corrected chi connectivity index (χ4v) is 3.19. The molecule has 20 heavy (non-hydrogen) atoms. The minimum absolute atomic E-state index is 0.785. The van der Waals surface area contributed by atoms with E-state index in [0.717, 1.165) is 18.1 Å². The lowest BCUT2D eigenvalue weighted by molar-refractivity contribution is 0.788. The van der Waals surface area contributed by atoms with Crippen LogP contribution in [0.2, 0.25) is 5.02 Å². The van der Waals surface area contributed by atoms with Gasteiger partial charge in [0.1, 0.15) is 0 Å². The van der Waals surface area contributed by atoms with Gasteiger partial charge in [-0.1, -0.05) is 48.0 Å². The fourth-order valence-electron chi connectivity index (χ4n) is 3.07. The first-order chi connectivity index (χ1) is 9.81. The van der Waals surface area contributed by atoms with Crippen LogP contribution in [0.15, 0.2) is 60.7 Å². The molecule has 0 amide bonds. The molecule has 1 nitrogen and oxygen atoms in total. The highest BCUT2D eigenvalue weighted by Gasteiger charge is 2.18. The largest absolute Gasteiger partial charge is 0.363 e. The van der Waals surface area contributed by atoms with Gasteiger partial charge in [0, 0.05) is 23.8 Å². The van der Waals surface area contributed by atoms with Crippen molar-refractivity contribution >= 4 is 28.1 Å². The second-order valence-corrected chi connectivity index (χ2v) is 5.70. The summed E-state index contributed by atoms with van der Waals surface area (Å²) in [6, 6.07) is 21.2. The van der Waals surface area contributed by atoms with Crippen LogP contribution >= 0.6 is 11.6 Å². The Hall–Kier alpha value is -1.99. The summed E-state index contributed by atoms with van der Waals surface area (Å²) >= 11 is 5.98. The van der Waals surface area contributed by atoms with E-state index in [0.29, 0.717) is 0 Å². The van der Waals surface area contributed by atoms with Crippen molar-refractivity contribution in [1.29, 1.82) is 0 Å². The summed E-state index contributed by atoms with van der Waals surface area (Å²) in [6.45, 7) is 1.91. The summed E-state index contributed by atoms with van der Waals surface area (Å²) < 4.78 is 0. The van der Waals surface area contributed by atoms with Crippen molar-refractivity contribution in [3.63, 3.8) is 0 Å². The molecular weight excluding hydrogens is 266 g/mol. The molecule has 2 heteroatoms. The van der Waals surface area contributed by atoms with Crippen molar-refractivity contribution in [3.05, 3.63) is 76.8 Å². The van der Waals surface area contributed by atoms with Crippen LogP contribution < -0.4 is 4.90 Å². The van der Waals surface area contributed by atoms with Gasteiger partial charge in [-0.15, -0.1) is 0 Å². The first-order valence-electron chi connectivity index (χ1n) is 6.81. The van der Waals surface area contributed by atoms with E-state index >= 15 is 0 Å². The third-order valence-corrected chi connectivity index (χ3v) is 4.24. The monoisotopic (exact) mass is 279 g/mol. The van der Waals surface area contributed by atoms with Crippen LogP contribution in [0.1, 0.15) is 11.1 Å². The zero-order chi connectivity index (χ0) is 13.5. The first kappa shape index (κ1) is 11.8. The van der Waals surface area contributed by atoms with Crippen molar-refractivity contribution in [2.45, 2.75) is 13.1 Å². The topological polar surface area (TPSA) is 3.24 Å². The Morgan fingerprint density at radius 3 is 1.95 bits per heavy atom. The molecule has 1 aliphatic heterocycles. The Kier molecular flexibility index (Phi) is 2.68. The Morgan fingerprint density at radius 2 is 1.35 bits per heavy atom. The van der Waals surface area contributed by atoms with Crippen molar-refractivity contribution < 1.29 is 0 Å². The van der Waals surface area contributed by atoms with Gasteiger partial charge in [0.15, 0.2) is 0 Å². The van der Waals surface area contributed by atoms with E-state index < -0.39 is 0 Å². The number of rotatable bonds is 1. The number of anilines is 1. The third kappa shape index (κ3) is 1.86. The molecular formula is C18H14ClN. The molecule has 0 aromatic heterocycles. The van der Waals surface area contributed by atoms with Crippen LogP contribution in [-0.2, 0) is 13.1 Å². The minimum atomic E-state index is 0.785. The maximum Gasteiger partial charge on any atom is 0.0439 e. The summed E-state index contributed by atoms with van der Waals surface area (Å²) in [5.74, 6) is 0. The number of hydrogen-bond acceptors (Lipinski definition) is 1. The van der Waals surface area contributed by atoms with E-state index in [-0.39, 0.29) is 0 Å². The Morgan fingerprint density at radius 1 is 0.750 bits per heavy atom. The summed E-state index contributed by atoms with van der Waals surface area (Å²) in [4.78, 5) is 2.40. The minimum Gasteiger partial charge on any atom is -0.363 e. The number of nitrogens with zero attached hydrogens (tertiary/aromatic N) is 1. The Bertz CT molecular complexity index is 736. The van der Waals surface area contributed by atoms with Gasteiger partial charge in [0.25, 0.3) is 0 Å². The predicted octanol–water partition coefficient (Wildman–Crippen LogP) is 5.01. The van der Waals surface area contributed by atoms with Gasteiger partial charge in [-0.2, -0.15) is 0 Å². The van der Waals surface area contributed by atoms with Crippen molar-refractivity contribution in [1.82, 2.24) is 0 Å². The van der Waals surface area contributed by atoms with E-state index in [4.69, 9.17) is 11.6 Å². The standard InChI is InChI=1S/C18H14ClN/c19-16-7-9-17(10-8-16)20-11-14-5-1-3-13-4-2-6-15(12-20)18(13)14/h1-10H,11-12H2. The average Bonchev–Trinajstić information content (AvgIpc) is 2.48. The van der Waals surface area contributed by atoms with Crippen molar-refractivity contribution in [2.24, 2.45) is 0 Å². The molecule has 4 rings (SSSR count). The van der Waals surface area contributed by atoms with Gasteiger partial charge in [0.2, 0.25) is 0 Å². The average molecular weight is 280 g/mol. The van der Waals surface area contributed by atoms with E-state index in [2.05, 4.69) is 53.4 Å². The molecule has 0 aliphatic carbocycles. The van der Waals surface area contributed by atoms with Gasteiger partial charge in [-0.25, -0.2) is 0 Å². The summed E-state index contributed by atoms with van der Waals surface area (Å²) in [5, 5.41) is 3.56. The molecule has 3 aromatic carbocycles. The third-order valence-electron chi connectivity index (χ3n) is 3.99. The molecule has 1 aliphatic rings. The molecule has 0 bridgehead atoms. The second kappa shape index (κ2) is 4.53. The molecule has 0 unspecified atom stereocenters. The zero-order valence-corrected chi connectivity index (χ0v) is 11.8. The molecule has 0 saturated carbocycles. The van der Waals surface area contributed by atoms with Crippen LogP contribution in [0.5, 0.6) is 0 Å². The van der Waals surface area contributed by atoms with E-state index in [1.807, 2.05) is 12.1 Å². The van der Waals surface area contributed by atoms with Gasteiger partial charge in [-0.05, 0) is 46.2 Å². The Labute approximate surface area is 123 Å². The molecule has 0 atom stereocenters. The van der Waals surface area contributed by atoms with Crippen LogP contribution in [-0.4, -0.2) is 0 Å². The Balaban J connectivity index is 1.81. The maximum atomic E-state index is 5.98. The van der Waals surface area contributed by atoms with Crippen LogP contribution in [0.25, 0.3) is 10.8 Å². The lowest BCUT2D eigenvalue weighted by Gasteiger charge is -2.31. The molecule has 0 spiro atoms. The van der Waals surface area contributed by atoms with E-state index in [9.17, 15) is 0 Å². The molecule has 3 aromatic rings. The fraction of sp³-hybridized carbons (Fsp3) is 0.111. The molecule has 0 saturated heterocycles. The summed E-state index contributed by atoms with van der Waals surface area (Å²) in [6.07, 6.45) is 0. The highest BCUT2D eigenvalue weighted by atomic mass is 35.5. The molecule has 0 N–H and O–H groups in total. The molecule has 1 heterocycles. The van der Waals surface area contributed by atoms with Gasteiger partial charge in [-0.3, -0.25) is 0 Å². The van der Waals surface area contributed by atoms with Gasteiger partial charge in [0.05, 0.1) is 0 Å². The van der Waals surface area contributed by atoms with Crippen molar-refractivity contribution in [3.8, 4) is 0 Å². The number of hydrogen-bond donors (Lipinski definition) is 0. The number of benzene rings is 3. The van der Waals surface area contributed by atoms with Crippen LogP contribution in [0, 0.1) is 0 Å². The van der Waals surface area contributed by atoms with E-state index in [1.165, 1.54) is 27.6 Å². The predicted molar refractivity (Wildman–Crippen MR) is 85.3 cm³/mol. The smallest absolute Gasteiger partial charge is 0.0439 e. The highest BCUT2D eigenvalue weighted by Crippen LogP contribution is 2.32. The van der Waals surface area contributed by atoms with Crippen LogP contribution in [0.3, 0.4) is 0 Å². The normalized spacial score (nSPS) is 13.8. The van der Waals surface area contributed by atoms with E-state index in [1.54, 1.807) is 0 Å². The van der Waals surface area contributed by atoms with Gasteiger partial charge >= 0.3 is 0 Å². The lowest BCUT2D eigenvalue weighted by atomic mass is 9.95. The summed E-state index contributed by atoms with van der Waals surface area (Å²) in [7, 11) is 0. The summed E-state index contributed by atoms with van der Waals surface area (Å²) in [5.41, 5.74) is 4.03. The zero-order valence-electron chi connectivity index (χ0n) is 11.0. The van der Waals surface area contributed by atoms with Crippen LogP contribution in [0.4, 0.5) is 5.69 Å². The van der Waals surface area contributed by atoms with Gasteiger partial charge < -0.3 is 4.90 Å². The van der Waals surface area contributed by atoms with Crippen molar-refractivity contribution in [2.75, 3.05) is 4.90 Å². The highest BCUT2D eigenvalue weighted by molar-refractivity contribution is 6.30.